The van der Waals surface area contributed by atoms with E-state index >= 15 is 0 Å². The molecule has 0 heterocycles. The van der Waals surface area contributed by atoms with Crippen LogP contribution in [0.2, 0.25) is 5.02 Å². The van der Waals surface area contributed by atoms with Crippen molar-refractivity contribution in [1.82, 2.24) is 5.32 Å². The van der Waals surface area contributed by atoms with E-state index in [9.17, 15) is 4.79 Å². The maximum absolute atomic E-state index is 12.1. The summed E-state index contributed by atoms with van der Waals surface area (Å²) in [5.41, 5.74) is 0.421. The van der Waals surface area contributed by atoms with E-state index in [1.807, 2.05) is 20.8 Å². The molecule has 0 radical (unpaired) electrons. The van der Waals surface area contributed by atoms with Crippen LogP contribution in [-0.2, 0) is 4.79 Å². The van der Waals surface area contributed by atoms with Crippen molar-refractivity contribution in [1.29, 1.82) is 0 Å². The summed E-state index contributed by atoms with van der Waals surface area (Å²) in [7, 11) is 0. The maximum atomic E-state index is 12.1. The number of ether oxygens (including phenoxy) is 1. The Morgan fingerprint density at radius 1 is 1.50 bits per heavy atom. The van der Waals surface area contributed by atoms with E-state index < -0.39 is 11.6 Å². The molecule has 0 aliphatic heterocycles. The lowest BCUT2D eigenvalue weighted by Gasteiger charge is -2.27. The number of hydrogen-bond acceptors (Lipinski definition) is 3. The van der Waals surface area contributed by atoms with E-state index in [-0.39, 0.29) is 12.5 Å². The largest absolute Gasteiger partial charge is 0.481 e. The van der Waals surface area contributed by atoms with E-state index in [1.54, 1.807) is 25.1 Å². The number of carbonyl (C=O) groups excluding carboxylic acids is 1. The molecule has 0 fully saturated rings. The Kier molecular flexibility index (Phi) is 5.84. The van der Waals surface area contributed by atoms with Crippen LogP contribution in [0, 0.1) is 6.92 Å². The number of benzene rings is 1. The van der Waals surface area contributed by atoms with Crippen LogP contribution in [0.25, 0.3) is 0 Å². The number of aryl methyl sites for hydroxylation is 1. The highest BCUT2D eigenvalue weighted by Crippen LogP contribution is 2.23. The molecule has 1 aromatic carbocycles. The van der Waals surface area contributed by atoms with Gasteiger partial charge in [-0.3, -0.25) is 4.79 Å². The zero-order chi connectivity index (χ0) is 15.3. The molecule has 0 aliphatic carbocycles. The third kappa shape index (κ3) is 5.02. The minimum atomic E-state index is -0.618. The summed E-state index contributed by atoms with van der Waals surface area (Å²) in [6, 6.07) is 5.27. The van der Waals surface area contributed by atoms with Crippen molar-refractivity contribution in [2.75, 3.05) is 6.61 Å². The van der Waals surface area contributed by atoms with Gasteiger partial charge in [-0.05, 0) is 57.9 Å². The molecule has 0 saturated heterocycles. The van der Waals surface area contributed by atoms with Gasteiger partial charge in [-0.1, -0.05) is 11.6 Å². The molecule has 0 saturated carbocycles. The molecule has 0 aromatic heterocycles. The number of aliphatic hydroxyl groups is 1. The van der Waals surface area contributed by atoms with Crippen molar-refractivity contribution in [3.05, 3.63) is 28.8 Å². The van der Waals surface area contributed by atoms with Gasteiger partial charge in [0.1, 0.15) is 5.75 Å². The molecule has 20 heavy (non-hydrogen) atoms. The van der Waals surface area contributed by atoms with E-state index in [0.717, 1.165) is 5.56 Å². The van der Waals surface area contributed by atoms with Crippen LogP contribution in [0.3, 0.4) is 0 Å². The third-order valence-corrected chi connectivity index (χ3v) is 3.24. The van der Waals surface area contributed by atoms with Gasteiger partial charge < -0.3 is 15.2 Å². The smallest absolute Gasteiger partial charge is 0.261 e. The minimum absolute atomic E-state index is 0.0266. The molecule has 1 aromatic rings. The summed E-state index contributed by atoms with van der Waals surface area (Å²) in [5.74, 6) is 0.426. The van der Waals surface area contributed by atoms with Crippen molar-refractivity contribution in [3.8, 4) is 5.75 Å². The maximum Gasteiger partial charge on any atom is 0.261 e. The predicted molar refractivity (Wildman–Crippen MR) is 80.2 cm³/mol. The Hall–Kier alpha value is -1.26. The number of rotatable bonds is 6. The van der Waals surface area contributed by atoms with E-state index in [4.69, 9.17) is 21.4 Å². The summed E-state index contributed by atoms with van der Waals surface area (Å²) in [5, 5.41) is 12.4. The average Bonchev–Trinajstić information content (AvgIpc) is 2.31. The van der Waals surface area contributed by atoms with Crippen LogP contribution in [-0.4, -0.2) is 29.3 Å². The lowest BCUT2D eigenvalue weighted by atomic mass is 10.0. The predicted octanol–water partition coefficient (Wildman–Crippen LogP) is 2.69. The first-order valence-electron chi connectivity index (χ1n) is 6.61. The van der Waals surface area contributed by atoms with Crippen LogP contribution < -0.4 is 10.1 Å². The molecular weight excluding hydrogens is 278 g/mol. The topological polar surface area (TPSA) is 58.6 Å². The summed E-state index contributed by atoms with van der Waals surface area (Å²) in [4.78, 5) is 12.1. The third-order valence-electron chi connectivity index (χ3n) is 3.01. The van der Waals surface area contributed by atoms with Crippen molar-refractivity contribution in [2.24, 2.45) is 0 Å². The second-order valence-electron chi connectivity index (χ2n) is 5.52. The first kappa shape index (κ1) is 16.8. The number of halogens is 1. The molecule has 1 amide bonds. The van der Waals surface area contributed by atoms with Gasteiger partial charge >= 0.3 is 0 Å². The Bertz CT molecular complexity index is 474. The monoisotopic (exact) mass is 299 g/mol. The van der Waals surface area contributed by atoms with Crippen molar-refractivity contribution >= 4 is 17.5 Å². The Morgan fingerprint density at radius 2 is 2.15 bits per heavy atom. The van der Waals surface area contributed by atoms with E-state index in [2.05, 4.69) is 5.32 Å². The normalized spacial score (nSPS) is 12.9. The molecule has 0 spiro atoms. The molecule has 4 nitrogen and oxygen atoms in total. The quantitative estimate of drug-likeness (QED) is 0.849. The van der Waals surface area contributed by atoms with Crippen molar-refractivity contribution in [2.45, 2.75) is 45.8 Å². The lowest BCUT2D eigenvalue weighted by Crippen LogP contribution is -2.49. The molecule has 1 rings (SSSR count). The Balaban J connectivity index is 2.66. The summed E-state index contributed by atoms with van der Waals surface area (Å²) >= 11 is 5.88. The first-order valence-corrected chi connectivity index (χ1v) is 6.98. The SMILES string of the molecule is Cc1cc(Cl)ccc1OC(C)C(=O)NC(C)(C)CCO. The molecule has 112 valence electrons. The molecule has 0 aliphatic rings. The molecule has 5 heteroatoms. The molecular formula is C15H22ClNO3. The number of carbonyl (C=O) groups is 1. The van der Waals surface area contributed by atoms with E-state index in [1.165, 1.54) is 0 Å². The van der Waals surface area contributed by atoms with Crippen LogP contribution in [0.1, 0.15) is 32.8 Å². The van der Waals surface area contributed by atoms with Gasteiger partial charge in [-0.25, -0.2) is 0 Å². The van der Waals surface area contributed by atoms with Crippen LogP contribution in [0.5, 0.6) is 5.75 Å². The standard InChI is InChI=1S/C15H22ClNO3/c1-10-9-12(16)5-6-13(10)20-11(2)14(19)17-15(3,4)7-8-18/h5-6,9,11,18H,7-8H2,1-4H3,(H,17,19). The molecule has 2 N–H and O–H groups in total. The van der Waals surface area contributed by atoms with Crippen LogP contribution in [0.4, 0.5) is 0 Å². The molecule has 0 bridgehead atoms. The van der Waals surface area contributed by atoms with Gasteiger partial charge in [0.05, 0.1) is 0 Å². The van der Waals surface area contributed by atoms with Gasteiger partial charge in [0.15, 0.2) is 6.10 Å². The molecule has 1 atom stereocenters. The van der Waals surface area contributed by atoms with E-state index in [0.29, 0.717) is 17.2 Å². The lowest BCUT2D eigenvalue weighted by molar-refractivity contribution is -0.129. The second kappa shape index (κ2) is 6.95. The highest BCUT2D eigenvalue weighted by molar-refractivity contribution is 6.30. The highest BCUT2D eigenvalue weighted by Gasteiger charge is 2.24. The zero-order valence-corrected chi connectivity index (χ0v) is 13.1. The molecule has 1 unspecified atom stereocenters. The van der Waals surface area contributed by atoms with Crippen LogP contribution in [0.15, 0.2) is 18.2 Å². The van der Waals surface area contributed by atoms with Gasteiger partial charge in [0.25, 0.3) is 5.91 Å². The number of aliphatic hydroxyl groups excluding tert-OH is 1. The average molecular weight is 300 g/mol. The van der Waals surface area contributed by atoms with Gasteiger partial charge in [0, 0.05) is 17.2 Å². The zero-order valence-electron chi connectivity index (χ0n) is 12.4. The number of hydrogen-bond donors (Lipinski definition) is 2. The van der Waals surface area contributed by atoms with Crippen molar-refractivity contribution in [3.63, 3.8) is 0 Å². The first-order chi connectivity index (χ1) is 9.25. The number of nitrogens with one attached hydrogen (secondary N) is 1. The van der Waals surface area contributed by atoms with Gasteiger partial charge in [-0.15, -0.1) is 0 Å². The minimum Gasteiger partial charge on any atom is -0.481 e. The van der Waals surface area contributed by atoms with Gasteiger partial charge in [-0.2, -0.15) is 0 Å². The summed E-state index contributed by atoms with van der Waals surface area (Å²) in [6.07, 6.45) is -0.126. The fraction of sp³-hybridized carbons (Fsp3) is 0.533. The Morgan fingerprint density at radius 3 is 2.70 bits per heavy atom. The summed E-state index contributed by atoms with van der Waals surface area (Å²) < 4.78 is 5.65. The van der Waals surface area contributed by atoms with Gasteiger partial charge in [0.2, 0.25) is 0 Å². The highest BCUT2D eigenvalue weighted by atomic mass is 35.5. The fourth-order valence-corrected chi connectivity index (χ4v) is 1.99. The number of amides is 1. The Labute approximate surface area is 125 Å². The summed E-state index contributed by atoms with van der Waals surface area (Å²) in [6.45, 7) is 7.32. The van der Waals surface area contributed by atoms with Crippen LogP contribution >= 0.6 is 11.6 Å². The van der Waals surface area contributed by atoms with Crippen molar-refractivity contribution < 1.29 is 14.6 Å². The fourth-order valence-electron chi connectivity index (χ4n) is 1.77. The second-order valence-corrected chi connectivity index (χ2v) is 5.95.